The summed E-state index contributed by atoms with van der Waals surface area (Å²) < 4.78 is 28.2. The number of benzene rings is 3. The molecule has 59 heavy (non-hydrogen) atoms. The van der Waals surface area contributed by atoms with E-state index in [9.17, 15) is 14.7 Å². The third-order valence-electron chi connectivity index (χ3n) is 10.6. The zero-order valence-corrected chi connectivity index (χ0v) is 36.3. The smallest absolute Gasteiger partial charge is 0.325 e. The van der Waals surface area contributed by atoms with Gasteiger partial charge in [-0.1, -0.05) is 72.8 Å². The Morgan fingerprint density at radius 1 is 0.661 bits per heavy atom. The number of carboxylic acids is 1. The molecule has 12 heteroatoms. The Morgan fingerprint density at radius 3 is 1.69 bits per heavy atom. The molecule has 0 spiro atoms. The SMILES string of the molecule is CCOCCOCCOc1ccc(CCCC(C(=O)O)N2CCN(Cc3ccccc3)CCN(Cc3ccccc3)CCN(C(COC(C)(C)C)C(=O)OC)CC2)cc1. The average molecular weight is 819 g/mol. The number of nitrogens with zero attached hydrogens (tertiary/aromatic N) is 4. The lowest BCUT2D eigenvalue weighted by atomic mass is 10.0. The lowest BCUT2D eigenvalue weighted by molar-refractivity contribution is -0.153. The van der Waals surface area contributed by atoms with Crippen molar-refractivity contribution < 1.29 is 38.4 Å². The van der Waals surface area contributed by atoms with Gasteiger partial charge in [-0.2, -0.15) is 0 Å². The number of carboxylic acid groups (broad SMARTS) is 1. The van der Waals surface area contributed by atoms with Gasteiger partial charge in [0.15, 0.2) is 0 Å². The number of hydrogen-bond donors (Lipinski definition) is 1. The molecule has 4 rings (SSSR count). The van der Waals surface area contributed by atoms with E-state index >= 15 is 0 Å². The van der Waals surface area contributed by atoms with Gasteiger partial charge in [0.25, 0.3) is 0 Å². The maximum Gasteiger partial charge on any atom is 0.325 e. The largest absolute Gasteiger partial charge is 0.491 e. The second kappa shape index (κ2) is 26.4. The van der Waals surface area contributed by atoms with Crippen molar-refractivity contribution in [1.82, 2.24) is 19.6 Å². The summed E-state index contributed by atoms with van der Waals surface area (Å²) in [6.07, 6.45) is 1.94. The van der Waals surface area contributed by atoms with E-state index in [0.717, 1.165) is 43.9 Å². The quantitative estimate of drug-likeness (QED) is 0.0967. The van der Waals surface area contributed by atoms with Gasteiger partial charge in [-0.25, -0.2) is 0 Å². The Kier molecular flexibility index (Phi) is 21.4. The van der Waals surface area contributed by atoms with E-state index in [0.29, 0.717) is 85.1 Å². The van der Waals surface area contributed by atoms with Gasteiger partial charge in [-0.3, -0.25) is 29.2 Å². The number of aliphatic carboxylic acids is 1. The van der Waals surface area contributed by atoms with Crippen LogP contribution in [0.25, 0.3) is 0 Å². The minimum Gasteiger partial charge on any atom is -0.491 e. The van der Waals surface area contributed by atoms with E-state index in [1.165, 1.54) is 18.2 Å². The normalized spacial score (nSPS) is 16.8. The van der Waals surface area contributed by atoms with Gasteiger partial charge in [0, 0.05) is 72.1 Å². The van der Waals surface area contributed by atoms with Crippen molar-refractivity contribution in [2.45, 2.75) is 77.7 Å². The molecule has 1 saturated heterocycles. The summed E-state index contributed by atoms with van der Waals surface area (Å²) in [4.78, 5) is 35.7. The molecule has 0 bridgehead atoms. The zero-order valence-electron chi connectivity index (χ0n) is 36.3. The summed E-state index contributed by atoms with van der Waals surface area (Å²) in [5, 5.41) is 10.8. The molecule has 2 atom stereocenters. The van der Waals surface area contributed by atoms with E-state index < -0.39 is 23.7 Å². The van der Waals surface area contributed by atoms with Crippen LogP contribution in [-0.2, 0) is 48.0 Å². The van der Waals surface area contributed by atoms with E-state index in [2.05, 4.69) is 68.1 Å². The monoisotopic (exact) mass is 819 g/mol. The Morgan fingerprint density at radius 2 is 1.17 bits per heavy atom. The van der Waals surface area contributed by atoms with Crippen LogP contribution in [0.2, 0.25) is 0 Å². The Labute approximate surface area is 353 Å². The standard InChI is InChI=1S/C47H70N4O8/c1-6-56-32-33-57-34-35-58-42-22-20-39(21-23-42)18-13-19-43(45(52)53)50-28-26-48(36-40-14-9-7-10-15-40)24-25-49(37-41-16-11-8-12-17-41)27-29-51(31-30-50)44(46(54)55-5)38-59-47(2,3)4/h7-12,14-17,20-23,43-44H,6,13,18-19,24-38H2,1-5H3,(H,52,53). The average Bonchev–Trinajstić information content (AvgIpc) is 3.22. The topological polar surface area (TPSA) is 113 Å². The minimum atomic E-state index is -0.833. The van der Waals surface area contributed by atoms with Crippen molar-refractivity contribution in [2.75, 3.05) is 99.1 Å². The Balaban J connectivity index is 1.51. The van der Waals surface area contributed by atoms with Crippen molar-refractivity contribution in [3.63, 3.8) is 0 Å². The van der Waals surface area contributed by atoms with Gasteiger partial charge in [0.2, 0.25) is 0 Å². The molecule has 3 aromatic carbocycles. The van der Waals surface area contributed by atoms with Crippen molar-refractivity contribution in [2.24, 2.45) is 0 Å². The Hall–Kier alpha value is -3.88. The van der Waals surface area contributed by atoms with Gasteiger partial charge in [-0.05, 0) is 75.8 Å². The van der Waals surface area contributed by atoms with E-state index in [4.69, 9.17) is 23.7 Å². The third-order valence-corrected chi connectivity index (χ3v) is 10.6. The number of aryl methyl sites for hydroxylation is 1. The highest BCUT2D eigenvalue weighted by Gasteiger charge is 2.32. The van der Waals surface area contributed by atoms with Crippen molar-refractivity contribution in [3.05, 3.63) is 102 Å². The number of carbonyl (C=O) groups is 2. The van der Waals surface area contributed by atoms with Crippen molar-refractivity contribution in [3.8, 4) is 5.75 Å². The second-order valence-electron chi connectivity index (χ2n) is 16.1. The number of carbonyl (C=O) groups excluding carboxylic acids is 1. The molecule has 0 saturated carbocycles. The summed E-state index contributed by atoms with van der Waals surface area (Å²) in [7, 11) is 1.42. The van der Waals surface area contributed by atoms with E-state index in [1.54, 1.807) is 0 Å². The maximum absolute atomic E-state index is 13.4. The molecule has 12 nitrogen and oxygen atoms in total. The first-order valence-electron chi connectivity index (χ1n) is 21.4. The molecule has 1 aliphatic heterocycles. The molecule has 326 valence electrons. The van der Waals surface area contributed by atoms with Gasteiger partial charge in [0.05, 0.1) is 39.1 Å². The van der Waals surface area contributed by atoms with Crippen molar-refractivity contribution >= 4 is 11.9 Å². The minimum absolute atomic E-state index is 0.175. The molecule has 0 radical (unpaired) electrons. The first-order chi connectivity index (χ1) is 28.5. The van der Waals surface area contributed by atoms with Gasteiger partial charge in [-0.15, -0.1) is 0 Å². The number of esters is 1. The number of methoxy groups -OCH3 is 1. The van der Waals surface area contributed by atoms with Gasteiger partial charge >= 0.3 is 11.9 Å². The lowest BCUT2D eigenvalue weighted by Gasteiger charge is -2.38. The van der Waals surface area contributed by atoms with E-state index in [1.807, 2.05) is 64.1 Å². The highest BCUT2D eigenvalue weighted by molar-refractivity contribution is 5.76. The highest BCUT2D eigenvalue weighted by Crippen LogP contribution is 2.19. The summed E-state index contributed by atoms with van der Waals surface area (Å²) in [6.45, 7) is 17.5. The molecule has 2 unspecified atom stereocenters. The van der Waals surface area contributed by atoms with Gasteiger partial charge < -0.3 is 28.8 Å². The summed E-state index contributed by atoms with van der Waals surface area (Å²) >= 11 is 0. The number of rotatable bonds is 22. The fourth-order valence-corrected chi connectivity index (χ4v) is 7.23. The molecular formula is C47H70N4O8. The predicted molar refractivity (Wildman–Crippen MR) is 232 cm³/mol. The summed E-state index contributed by atoms with van der Waals surface area (Å²) in [6, 6.07) is 27.6. The maximum atomic E-state index is 13.4. The number of hydrogen-bond acceptors (Lipinski definition) is 11. The van der Waals surface area contributed by atoms with Crippen LogP contribution in [0.4, 0.5) is 0 Å². The lowest BCUT2D eigenvalue weighted by Crippen LogP contribution is -2.54. The molecule has 1 fully saturated rings. The van der Waals surface area contributed by atoms with E-state index in [-0.39, 0.29) is 12.6 Å². The highest BCUT2D eigenvalue weighted by atomic mass is 16.5. The fourth-order valence-electron chi connectivity index (χ4n) is 7.23. The van der Waals surface area contributed by atoms with Crippen LogP contribution in [0.5, 0.6) is 5.75 Å². The van der Waals surface area contributed by atoms with Crippen LogP contribution in [0.15, 0.2) is 84.9 Å². The molecule has 1 heterocycles. The second-order valence-corrected chi connectivity index (χ2v) is 16.1. The van der Waals surface area contributed by atoms with Crippen LogP contribution < -0.4 is 4.74 Å². The van der Waals surface area contributed by atoms with Crippen LogP contribution >= 0.6 is 0 Å². The van der Waals surface area contributed by atoms with Gasteiger partial charge in [0.1, 0.15) is 24.4 Å². The Bertz CT molecular complexity index is 1590. The molecular weight excluding hydrogens is 749 g/mol. The number of ether oxygens (including phenoxy) is 5. The summed E-state index contributed by atoms with van der Waals surface area (Å²) in [5.74, 6) is -0.412. The fraction of sp³-hybridized carbons (Fsp3) is 0.574. The summed E-state index contributed by atoms with van der Waals surface area (Å²) in [5.41, 5.74) is 3.13. The van der Waals surface area contributed by atoms with Crippen LogP contribution in [0.1, 0.15) is 57.2 Å². The molecule has 1 aliphatic rings. The molecule has 0 amide bonds. The zero-order chi connectivity index (χ0) is 42.3. The predicted octanol–water partition coefficient (Wildman–Crippen LogP) is 5.87. The van der Waals surface area contributed by atoms with Crippen LogP contribution in [0.3, 0.4) is 0 Å². The first-order valence-corrected chi connectivity index (χ1v) is 21.4. The molecule has 0 aliphatic carbocycles. The molecule has 1 N–H and O–H groups in total. The third kappa shape index (κ3) is 18.5. The molecule has 3 aromatic rings. The van der Waals surface area contributed by atoms with Crippen molar-refractivity contribution in [1.29, 1.82) is 0 Å². The van der Waals surface area contributed by atoms with Crippen LogP contribution in [0, 0.1) is 0 Å². The molecule has 0 aromatic heterocycles. The van der Waals surface area contributed by atoms with Crippen LogP contribution in [-0.4, -0.2) is 153 Å². The first kappa shape index (κ1) is 47.8.